The summed E-state index contributed by atoms with van der Waals surface area (Å²) in [4.78, 5) is 26.6. The Bertz CT molecular complexity index is 1430. The molecule has 5 rings (SSSR count). The summed E-state index contributed by atoms with van der Waals surface area (Å²) in [6.07, 6.45) is 4.93. The highest BCUT2D eigenvalue weighted by Crippen LogP contribution is 2.35. The van der Waals surface area contributed by atoms with Gasteiger partial charge in [0.1, 0.15) is 11.3 Å². The van der Waals surface area contributed by atoms with Crippen molar-refractivity contribution in [1.29, 1.82) is 0 Å². The van der Waals surface area contributed by atoms with Crippen LogP contribution >= 0.6 is 11.6 Å². The molecule has 0 saturated heterocycles. The van der Waals surface area contributed by atoms with Crippen LogP contribution in [0.3, 0.4) is 0 Å². The van der Waals surface area contributed by atoms with E-state index in [-0.39, 0.29) is 18.5 Å². The Kier molecular flexibility index (Phi) is 7.90. The zero-order valence-electron chi connectivity index (χ0n) is 21.7. The summed E-state index contributed by atoms with van der Waals surface area (Å²) in [5.41, 5.74) is 4.24. The average molecular weight is 534 g/mol. The van der Waals surface area contributed by atoms with Crippen molar-refractivity contribution in [2.24, 2.45) is 5.92 Å². The van der Waals surface area contributed by atoms with Crippen LogP contribution in [0.1, 0.15) is 53.8 Å². The van der Waals surface area contributed by atoms with Crippen LogP contribution in [0.15, 0.2) is 48.5 Å². The van der Waals surface area contributed by atoms with Crippen molar-refractivity contribution in [3.8, 4) is 11.4 Å². The zero-order chi connectivity index (χ0) is 26.6. The lowest BCUT2D eigenvalue weighted by Crippen LogP contribution is -2.34. The molecule has 0 spiro atoms. The Hall–Kier alpha value is -3.49. The van der Waals surface area contributed by atoms with E-state index in [0.717, 1.165) is 47.3 Å². The standard InChI is InChI=1S/C29H32ClN5O3/c1-18-6-3-9-21(16-18)28-34-26-24(35(28)17-19-11-13-22(30)14-12-19)25(32-27(33-26)29(37)38-2)31-23(10-5-15-36)20-7-4-8-20/h3,6,9,11-14,16,20,23,36H,4-5,7-8,10,15,17H2,1-2H3,(H,31,32,33)/t23-/m1/s1. The van der Waals surface area contributed by atoms with Gasteiger partial charge in [0.15, 0.2) is 11.5 Å². The SMILES string of the molecule is COC(=O)c1nc(N[C@H](CCCO)C2CCC2)c2c(n1)nc(-c1cccc(C)c1)n2Cc1ccc(Cl)cc1. The number of hydrogen-bond donors (Lipinski definition) is 2. The van der Waals surface area contributed by atoms with E-state index in [1.807, 2.05) is 49.4 Å². The minimum absolute atomic E-state index is 0.0380. The quantitative estimate of drug-likeness (QED) is 0.254. The van der Waals surface area contributed by atoms with E-state index in [0.29, 0.717) is 35.4 Å². The van der Waals surface area contributed by atoms with Gasteiger partial charge >= 0.3 is 5.97 Å². The predicted octanol–water partition coefficient (Wildman–Crippen LogP) is 5.64. The molecule has 0 amide bonds. The maximum absolute atomic E-state index is 12.5. The number of imidazole rings is 1. The number of carbonyl (C=O) groups excluding carboxylic acids is 1. The number of aliphatic hydroxyl groups excluding tert-OH is 1. The first-order valence-electron chi connectivity index (χ1n) is 13.0. The lowest BCUT2D eigenvalue weighted by molar-refractivity contribution is 0.0587. The molecule has 1 saturated carbocycles. The third-order valence-corrected chi connectivity index (χ3v) is 7.47. The summed E-state index contributed by atoms with van der Waals surface area (Å²) in [6, 6.07) is 16.0. The minimum atomic E-state index is -0.616. The summed E-state index contributed by atoms with van der Waals surface area (Å²) in [6.45, 7) is 2.68. The summed E-state index contributed by atoms with van der Waals surface area (Å²) < 4.78 is 7.06. The average Bonchev–Trinajstić information content (AvgIpc) is 3.25. The van der Waals surface area contributed by atoms with Gasteiger partial charge in [-0.25, -0.2) is 19.7 Å². The number of methoxy groups -OCH3 is 1. The van der Waals surface area contributed by atoms with Gasteiger partial charge in [0.25, 0.3) is 0 Å². The van der Waals surface area contributed by atoms with Crippen molar-refractivity contribution in [2.45, 2.75) is 51.6 Å². The summed E-state index contributed by atoms with van der Waals surface area (Å²) >= 11 is 6.16. The Morgan fingerprint density at radius 2 is 1.97 bits per heavy atom. The van der Waals surface area contributed by atoms with Crippen LogP contribution in [-0.4, -0.2) is 50.4 Å². The maximum Gasteiger partial charge on any atom is 0.376 e. The number of hydrogen-bond acceptors (Lipinski definition) is 7. The number of anilines is 1. The van der Waals surface area contributed by atoms with E-state index in [1.54, 1.807) is 0 Å². The number of fused-ring (bicyclic) bond motifs is 1. The van der Waals surface area contributed by atoms with E-state index < -0.39 is 5.97 Å². The monoisotopic (exact) mass is 533 g/mol. The number of aryl methyl sites for hydroxylation is 1. The molecule has 2 N–H and O–H groups in total. The van der Waals surface area contributed by atoms with Gasteiger partial charge < -0.3 is 19.7 Å². The van der Waals surface area contributed by atoms with Crippen molar-refractivity contribution in [3.05, 3.63) is 70.5 Å². The molecule has 1 atom stereocenters. The fraction of sp³-hybridized carbons (Fsp3) is 0.379. The number of esters is 1. The molecule has 9 heteroatoms. The molecule has 198 valence electrons. The molecule has 0 bridgehead atoms. The van der Waals surface area contributed by atoms with Gasteiger partial charge in [0.2, 0.25) is 5.82 Å². The molecule has 0 aliphatic heterocycles. The molecule has 2 heterocycles. The number of carbonyl (C=O) groups is 1. The summed E-state index contributed by atoms with van der Waals surface area (Å²) in [7, 11) is 1.32. The van der Waals surface area contributed by atoms with Crippen molar-refractivity contribution in [2.75, 3.05) is 19.0 Å². The minimum Gasteiger partial charge on any atom is -0.463 e. The highest BCUT2D eigenvalue weighted by molar-refractivity contribution is 6.30. The number of aromatic nitrogens is 4. The van der Waals surface area contributed by atoms with Gasteiger partial charge in [0.05, 0.1) is 7.11 Å². The first kappa shape index (κ1) is 26.1. The van der Waals surface area contributed by atoms with Gasteiger partial charge in [-0.1, -0.05) is 53.9 Å². The fourth-order valence-corrected chi connectivity index (χ4v) is 5.13. The van der Waals surface area contributed by atoms with Crippen LogP contribution in [0.5, 0.6) is 0 Å². The smallest absolute Gasteiger partial charge is 0.376 e. The lowest BCUT2D eigenvalue weighted by Gasteiger charge is -2.35. The molecule has 0 radical (unpaired) electrons. The third kappa shape index (κ3) is 5.51. The van der Waals surface area contributed by atoms with E-state index in [9.17, 15) is 9.90 Å². The summed E-state index contributed by atoms with van der Waals surface area (Å²) in [5, 5.41) is 13.8. The van der Waals surface area contributed by atoms with E-state index in [4.69, 9.17) is 21.3 Å². The van der Waals surface area contributed by atoms with Crippen molar-refractivity contribution in [1.82, 2.24) is 19.5 Å². The molecule has 1 aliphatic carbocycles. The molecule has 2 aromatic heterocycles. The normalized spacial score (nSPS) is 14.3. The number of nitrogens with zero attached hydrogens (tertiary/aromatic N) is 4. The van der Waals surface area contributed by atoms with Crippen LogP contribution < -0.4 is 5.32 Å². The fourth-order valence-electron chi connectivity index (χ4n) is 5.00. The number of rotatable bonds is 10. The van der Waals surface area contributed by atoms with Gasteiger partial charge in [-0.05, 0) is 62.3 Å². The first-order valence-corrected chi connectivity index (χ1v) is 13.4. The molecular formula is C29H32ClN5O3. The maximum atomic E-state index is 12.5. The highest BCUT2D eigenvalue weighted by atomic mass is 35.5. The Labute approximate surface area is 227 Å². The number of halogens is 1. The van der Waals surface area contributed by atoms with Crippen LogP contribution in [0.2, 0.25) is 5.02 Å². The molecule has 1 fully saturated rings. The molecule has 8 nitrogen and oxygen atoms in total. The number of nitrogens with one attached hydrogen (secondary N) is 1. The topological polar surface area (TPSA) is 102 Å². The molecule has 1 aliphatic rings. The van der Waals surface area contributed by atoms with E-state index in [2.05, 4.69) is 25.9 Å². The van der Waals surface area contributed by atoms with Gasteiger partial charge in [-0.15, -0.1) is 0 Å². The number of benzene rings is 2. The summed E-state index contributed by atoms with van der Waals surface area (Å²) in [5.74, 6) is 1.11. The van der Waals surface area contributed by atoms with Gasteiger partial charge in [-0.2, -0.15) is 0 Å². The molecule has 38 heavy (non-hydrogen) atoms. The third-order valence-electron chi connectivity index (χ3n) is 7.22. The van der Waals surface area contributed by atoms with E-state index >= 15 is 0 Å². The highest BCUT2D eigenvalue weighted by Gasteiger charge is 2.30. The van der Waals surface area contributed by atoms with Gasteiger partial charge in [-0.3, -0.25) is 0 Å². The molecule has 2 aromatic carbocycles. The Morgan fingerprint density at radius 3 is 2.63 bits per heavy atom. The van der Waals surface area contributed by atoms with Crippen molar-refractivity contribution < 1.29 is 14.6 Å². The zero-order valence-corrected chi connectivity index (χ0v) is 22.4. The van der Waals surface area contributed by atoms with Crippen LogP contribution in [0.4, 0.5) is 5.82 Å². The Morgan fingerprint density at radius 1 is 1.18 bits per heavy atom. The second-order valence-electron chi connectivity index (χ2n) is 9.88. The van der Waals surface area contributed by atoms with Crippen LogP contribution in [-0.2, 0) is 11.3 Å². The number of ether oxygens (including phenoxy) is 1. The largest absolute Gasteiger partial charge is 0.463 e. The second-order valence-corrected chi connectivity index (χ2v) is 10.3. The molecule has 0 unspecified atom stereocenters. The second kappa shape index (κ2) is 11.5. The predicted molar refractivity (Wildman–Crippen MR) is 148 cm³/mol. The van der Waals surface area contributed by atoms with Gasteiger partial charge in [0, 0.05) is 29.8 Å². The van der Waals surface area contributed by atoms with Crippen molar-refractivity contribution in [3.63, 3.8) is 0 Å². The number of aliphatic hydroxyl groups is 1. The molecular weight excluding hydrogens is 502 g/mol. The van der Waals surface area contributed by atoms with Crippen LogP contribution in [0, 0.1) is 12.8 Å². The van der Waals surface area contributed by atoms with E-state index in [1.165, 1.54) is 13.5 Å². The first-order chi connectivity index (χ1) is 18.5. The van der Waals surface area contributed by atoms with Crippen LogP contribution in [0.25, 0.3) is 22.6 Å². The Balaban J connectivity index is 1.70. The lowest BCUT2D eigenvalue weighted by atomic mass is 9.78. The molecule has 4 aromatic rings. The van der Waals surface area contributed by atoms with Crippen molar-refractivity contribution >= 4 is 34.6 Å².